The number of nitrogens with zero attached hydrogens (tertiary/aromatic N) is 1. The summed E-state index contributed by atoms with van der Waals surface area (Å²) in [6.45, 7) is 0.854. The lowest BCUT2D eigenvalue weighted by Crippen LogP contribution is -2.44. The lowest BCUT2D eigenvalue weighted by Gasteiger charge is -2.32. The fraction of sp³-hybridized carbons (Fsp3) is 0.467. The van der Waals surface area contributed by atoms with E-state index in [2.05, 4.69) is 5.32 Å². The smallest absolute Gasteiger partial charge is 0.419 e. The molecular formula is C15H17F4N3O2. The first-order chi connectivity index (χ1) is 11.2. The molecule has 0 aliphatic carbocycles. The van der Waals surface area contributed by atoms with Crippen molar-refractivity contribution in [3.8, 4) is 0 Å². The van der Waals surface area contributed by atoms with Crippen molar-refractivity contribution in [1.82, 2.24) is 4.90 Å². The zero-order valence-electron chi connectivity index (χ0n) is 12.9. The number of ether oxygens (including phenoxy) is 1. The number of carbonyl (C=O) groups excluding carboxylic acids is 1. The summed E-state index contributed by atoms with van der Waals surface area (Å²) in [6.07, 6.45) is -3.54. The summed E-state index contributed by atoms with van der Waals surface area (Å²) in [5, 5.41) is 10.0. The van der Waals surface area contributed by atoms with Crippen LogP contribution >= 0.6 is 0 Å². The molecule has 5 nitrogen and oxygen atoms in total. The predicted octanol–water partition coefficient (Wildman–Crippen LogP) is 3.08. The van der Waals surface area contributed by atoms with Crippen LogP contribution in [0.25, 0.3) is 0 Å². The molecule has 0 radical (unpaired) electrons. The van der Waals surface area contributed by atoms with Gasteiger partial charge in [0, 0.05) is 18.8 Å². The van der Waals surface area contributed by atoms with Crippen molar-refractivity contribution in [3.05, 3.63) is 29.6 Å². The fourth-order valence-corrected chi connectivity index (χ4v) is 2.57. The summed E-state index contributed by atoms with van der Waals surface area (Å²) in [7, 11) is 1.36. The molecule has 1 saturated heterocycles. The molecule has 0 saturated carbocycles. The summed E-state index contributed by atoms with van der Waals surface area (Å²) in [5.41, 5.74) is -1.41. The minimum atomic E-state index is -4.78. The van der Waals surface area contributed by atoms with Gasteiger partial charge in [0.15, 0.2) is 0 Å². The molecule has 1 aromatic carbocycles. The Morgan fingerprint density at radius 3 is 2.71 bits per heavy atom. The van der Waals surface area contributed by atoms with Crippen molar-refractivity contribution in [2.45, 2.75) is 19.0 Å². The van der Waals surface area contributed by atoms with Gasteiger partial charge in [-0.2, -0.15) is 13.2 Å². The average molecular weight is 347 g/mol. The van der Waals surface area contributed by atoms with Gasteiger partial charge in [-0.25, -0.2) is 4.39 Å². The molecule has 1 atom stereocenters. The fourth-order valence-electron chi connectivity index (χ4n) is 2.57. The molecule has 1 fully saturated rings. The number of alkyl halides is 3. The first-order valence-corrected chi connectivity index (χ1v) is 7.27. The number of hydrogen-bond donors (Lipinski definition) is 2. The van der Waals surface area contributed by atoms with Gasteiger partial charge in [0.05, 0.1) is 18.6 Å². The van der Waals surface area contributed by atoms with Gasteiger partial charge in [0.1, 0.15) is 5.82 Å². The average Bonchev–Trinajstić information content (AvgIpc) is 2.53. The van der Waals surface area contributed by atoms with Crippen molar-refractivity contribution in [3.63, 3.8) is 0 Å². The standard InChI is InChI=1S/C15H17F4N3O2/c1-24-14(20)22-6-2-3-9(8-22)13(23)21-10-4-5-11(12(16)7-10)15(17,18)19/h4-5,7,9,20H,2-3,6,8H2,1H3,(H,21,23)/t9-/m0/s1. The first kappa shape index (κ1) is 18.0. The topological polar surface area (TPSA) is 65.4 Å². The highest BCUT2D eigenvalue weighted by atomic mass is 19.4. The van der Waals surface area contributed by atoms with Crippen molar-refractivity contribution in [2.24, 2.45) is 5.92 Å². The van der Waals surface area contributed by atoms with Crippen molar-refractivity contribution in [1.29, 1.82) is 5.41 Å². The maximum Gasteiger partial charge on any atom is 0.419 e. The summed E-state index contributed by atoms with van der Waals surface area (Å²) in [5.74, 6) is -2.32. The third kappa shape index (κ3) is 4.15. The second-order valence-corrected chi connectivity index (χ2v) is 5.48. The van der Waals surface area contributed by atoms with Crippen molar-refractivity contribution < 1.29 is 27.1 Å². The second kappa shape index (κ2) is 7.06. The molecule has 0 unspecified atom stereocenters. The van der Waals surface area contributed by atoms with Crippen LogP contribution < -0.4 is 5.32 Å². The van der Waals surface area contributed by atoms with E-state index in [0.29, 0.717) is 31.5 Å². The molecule has 1 heterocycles. The first-order valence-electron chi connectivity index (χ1n) is 7.27. The van der Waals surface area contributed by atoms with Crippen molar-refractivity contribution in [2.75, 3.05) is 25.5 Å². The Labute approximate surface area is 136 Å². The van der Waals surface area contributed by atoms with E-state index < -0.39 is 29.4 Å². The molecular weight excluding hydrogens is 330 g/mol. The van der Waals surface area contributed by atoms with Gasteiger partial charge in [-0.15, -0.1) is 0 Å². The van der Waals surface area contributed by atoms with Gasteiger partial charge < -0.3 is 15.0 Å². The number of carbonyl (C=O) groups is 1. The molecule has 2 N–H and O–H groups in total. The molecule has 0 aromatic heterocycles. The van der Waals surface area contributed by atoms with Crippen LogP contribution in [0.5, 0.6) is 0 Å². The van der Waals surface area contributed by atoms with E-state index >= 15 is 0 Å². The van der Waals surface area contributed by atoms with Gasteiger partial charge in [-0.05, 0) is 31.0 Å². The number of nitrogens with one attached hydrogen (secondary N) is 2. The largest absolute Gasteiger partial charge is 0.469 e. The third-order valence-corrected chi connectivity index (χ3v) is 3.81. The van der Waals surface area contributed by atoms with Gasteiger partial charge in [-0.1, -0.05) is 0 Å². The summed E-state index contributed by atoms with van der Waals surface area (Å²) < 4.78 is 55.9. The number of piperidine rings is 1. The molecule has 2 rings (SSSR count). The van der Waals surface area contributed by atoms with E-state index in [4.69, 9.17) is 10.1 Å². The quantitative estimate of drug-likeness (QED) is 0.491. The number of amidine groups is 1. The SMILES string of the molecule is COC(=N)N1CCC[C@H](C(=O)Nc2ccc(C(F)(F)F)c(F)c2)C1. The molecule has 24 heavy (non-hydrogen) atoms. The number of halogens is 4. The van der Waals surface area contributed by atoms with Crippen molar-refractivity contribution >= 4 is 17.6 Å². The van der Waals surface area contributed by atoms with Crippen LogP contribution in [0, 0.1) is 17.1 Å². The second-order valence-electron chi connectivity index (χ2n) is 5.48. The molecule has 9 heteroatoms. The van der Waals surface area contributed by atoms with E-state index in [-0.39, 0.29) is 18.3 Å². The molecule has 132 valence electrons. The monoisotopic (exact) mass is 347 g/mol. The molecule has 1 amide bonds. The number of rotatable bonds is 2. The maximum atomic E-state index is 13.5. The Bertz CT molecular complexity index is 634. The van der Waals surface area contributed by atoms with Gasteiger partial charge >= 0.3 is 6.18 Å². The maximum absolute atomic E-state index is 13.5. The number of anilines is 1. The number of amides is 1. The highest BCUT2D eigenvalue weighted by molar-refractivity contribution is 5.93. The Balaban J connectivity index is 2.04. The number of hydrogen-bond acceptors (Lipinski definition) is 3. The van der Waals surface area contributed by atoms with Crippen LogP contribution in [-0.2, 0) is 15.7 Å². The van der Waals surface area contributed by atoms with E-state index in [0.717, 1.165) is 6.07 Å². The molecule has 1 aliphatic rings. The van der Waals surface area contributed by atoms with Crippen LogP contribution in [0.2, 0.25) is 0 Å². The van der Waals surface area contributed by atoms with Crippen LogP contribution in [0.15, 0.2) is 18.2 Å². The zero-order chi connectivity index (χ0) is 17.9. The number of methoxy groups -OCH3 is 1. The lowest BCUT2D eigenvalue weighted by molar-refractivity contribution is -0.140. The van der Waals surface area contributed by atoms with E-state index in [9.17, 15) is 22.4 Å². The Hall–Kier alpha value is -2.32. The third-order valence-electron chi connectivity index (χ3n) is 3.81. The lowest BCUT2D eigenvalue weighted by atomic mass is 9.97. The zero-order valence-corrected chi connectivity index (χ0v) is 12.9. The van der Waals surface area contributed by atoms with Crippen LogP contribution in [0.1, 0.15) is 18.4 Å². The van der Waals surface area contributed by atoms with E-state index in [1.165, 1.54) is 7.11 Å². The minimum Gasteiger partial charge on any atom is -0.469 e. The molecule has 1 aliphatic heterocycles. The highest BCUT2D eigenvalue weighted by Gasteiger charge is 2.34. The molecule has 1 aromatic rings. The molecule has 0 bridgehead atoms. The van der Waals surface area contributed by atoms with Gasteiger partial charge in [-0.3, -0.25) is 10.2 Å². The number of likely N-dealkylation sites (tertiary alicyclic amines) is 1. The van der Waals surface area contributed by atoms with E-state index in [1.807, 2.05) is 0 Å². The minimum absolute atomic E-state index is 0.0376. The number of benzene rings is 1. The van der Waals surface area contributed by atoms with Gasteiger partial charge in [0.25, 0.3) is 6.02 Å². The van der Waals surface area contributed by atoms with E-state index in [1.54, 1.807) is 4.90 Å². The Morgan fingerprint density at radius 1 is 1.42 bits per heavy atom. The van der Waals surface area contributed by atoms with Gasteiger partial charge in [0.2, 0.25) is 5.91 Å². The summed E-state index contributed by atoms with van der Waals surface area (Å²) in [6, 6.07) is 2.21. The predicted molar refractivity (Wildman–Crippen MR) is 79.1 cm³/mol. The summed E-state index contributed by atoms with van der Waals surface area (Å²) >= 11 is 0. The Morgan fingerprint density at radius 2 is 2.12 bits per heavy atom. The summed E-state index contributed by atoms with van der Waals surface area (Å²) in [4.78, 5) is 13.8. The molecule has 0 spiro atoms. The Kier molecular flexibility index (Phi) is 5.30. The van der Waals surface area contributed by atoms with Crippen LogP contribution in [0.4, 0.5) is 23.2 Å². The van der Waals surface area contributed by atoms with Crippen LogP contribution in [0.3, 0.4) is 0 Å². The van der Waals surface area contributed by atoms with Crippen LogP contribution in [-0.4, -0.2) is 37.0 Å². The highest BCUT2D eigenvalue weighted by Crippen LogP contribution is 2.32. The normalized spacial score (nSPS) is 18.2.